The maximum atomic E-state index is 13.4. The van der Waals surface area contributed by atoms with Gasteiger partial charge in [-0.2, -0.15) is 0 Å². The molecule has 1 nitrogen and oxygen atoms in total. The van der Waals surface area contributed by atoms with Gasteiger partial charge in [0.2, 0.25) is 0 Å². The van der Waals surface area contributed by atoms with Crippen LogP contribution in [0.3, 0.4) is 0 Å². The lowest BCUT2D eigenvalue weighted by molar-refractivity contribution is 0.297. The summed E-state index contributed by atoms with van der Waals surface area (Å²) in [4.78, 5) is 0. The molecule has 0 bridgehead atoms. The predicted molar refractivity (Wildman–Crippen MR) is 66.7 cm³/mol. The van der Waals surface area contributed by atoms with Crippen molar-refractivity contribution in [1.82, 2.24) is 0 Å². The molecule has 18 heavy (non-hydrogen) atoms. The third-order valence-electron chi connectivity index (χ3n) is 2.51. The van der Waals surface area contributed by atoms with Crippen LogP contribution in [0.15, 0.2) is 42.5 Å². The number of rotatable bonds is 4. The molecule has 0 amide bonds. The fourth-order valence-electron chi connectivity index (χ4n) is 1.55. The lowest BCUT2D eigenvalue weighted by Crippen LogP contribution is -2.00. The third kappa shape index (κ3) is 2.99. The topological polar surface area (TPSA) is 9.23 Å². The Morgan fingerprint density at radius 2 is 1.78 bits per heavy atom. The summed E-state index contributed by atoms with van der Waals surface area (Å²) in [6, 6.07) is 10.7. The van der Waals surface area contributed by atoms with Crippen LogP contribution in [0.4, 0.5) is 8.78 Å². The van der Waals surface area contributed by atoms with E-state index in [2.05, 4.69) is 0 Å². The molecule has 0 atom stereocenters. The Morgan fingerprint density at radius 3 is 2.50 bits per heavy atom. The minimum absolute atomic E-state index is 0.0417. The van der Waals surface area contributed by atoms with Gasteiger partial charge in [-0.25, -0.2) is 8.78 Å². The Morgan fingerprint density at radius 1 is 1.00 bits per heavy atom. The Balaban J connectivity index is 2.11. The molecule has 0 aliphatic heterocycles. The molecule has 0 saturated heterocycles. The second-order valence-corrected chi connectivity index (χ2v) is 4.03. The Labute approximate surface area is 109 Å². The van der Waals surface area contributed by atoms with E-state index in [0.29, 0.717) is 17.2 Å². The zero-order valence-electron chi connectivity index (χ0n) is 9.50. The normalized spacial score (nSPS) is 10.4. The van der Waals surface area contributed by atoms with E-state index in [1.807, 2.05) is 18.2 Å². The highest BCUT2D eigenvalue weighted by Gasteiger charge is 2.06. The lowest BCUT2D eigenvalue weighted by Gasteiger charge is -2.10. The van der Waals surface area contributed by atoms with Crippen molar-refractivity contribution in [2.45, 2.75) is 12.5 Å². The lowest BCUT2D eigenvalue weighted by atomic mass is 10.2. The molecule has 2 aromatic carbocycles. The Bertz CT molecular complexity index is 543. The van der Waals surface area contributed by atoms with E-state index in [9.17, 15) is 8.78 Å². The van der Waals surface area contributed by atoms with Crippen molar-refractivity contribution in [2.75, 3.05) is 0 Å². The molecule has 0 aliphatic rings. The number of para-hydroxylation sites is 1. The molecule has 0 heterocycles. The van der Waals surface area contributed by atoms with Gasteiger partial charge in [-0.3, -0.25) is 0 Å². The van der Waals surface area contributed by atoms with Crippen LogP contribution in [0.5, 0.6) is 5.75 Å². The summed E-state index contributed by atoms with van der Waals surface area (Å²) in [5, 5.41) is 0. The van der Waals surface area contributed by atoms with Crippen LogP contribution in [-0.2, 0) is 12.5 Å². The fourth-order valence-corrected chi connectivity index (χ4v) is 1.77. The molecule has 0 N–H and O–H groups in total. The van der Waals surface area contributed by atoms with Crippen molar-refractivity contribution in [1.29, 1.82) is 0 Å². The summed E-state index contributed by atoms with van der Waals surface area (Å²) in [6.45, 7) is 0.0417. The van der Waals surface area contributed by atoms with Crippen LogP contribution in [0.1, 0.15) is 11.1 Å². The van der Waals surface area contributed by atoms with Crippen LogP contribution in [0.2, 0.25) is 0 Å². The van der Waals surface area contributed by atoms with Crippen LogP contribution >= 0.6 is 11.6 Å². The first-order valence-electron chi connectivity index (χ1n) is 5.41. The van der Waals surface area contributed by atoms with Gasteiger partial charge in [-0.1, -0.05) is 18.2 Å². The molecule has 0 spiro atoms. The van der Waals surface area contributed by atoms with E-state index in [4.69, 9.17) is 16.3 Å². The molecular formula is C14H11ClF2O. The van der Waals surface area contributed by atoms with E-state index in [1.54, 1.807) is 6.07 Å². The fraction of sp³-hybridized carbons (Fsp3) is 0.143. The first kappa shape index (κ1) is 12.8. The van der Waals surface area contributed by atoms with Crippen molar-refractivity contribution < 1.29 is 13.5 Å². The molecule has 94 valence electrons. The highest BCUT2D eigenvalue weighted by Crippen LogP contribution is 2.21. The van der Waals surface area contributed by atoms with Crippen LogP contribution < -0.4 is 4.74 Å². The van der Waals surface area contributed by atoms with Crippen LogP contribution in [-0.4, -0.2) is 0 Å². The van der Waals surface area contributed by atoms with Gasteiger partial charge in [0.15, 0.2) is 0 Å². The number of hydrogen-bond acceptors (Lipinski definition) is 1. The SMILES string of the molecule is Fc1ccc(COc2ccccc2CCl)c(F)c1. The first-order chi connectivity index (χ1) is 8.70. The summed E-state index contributed by atoms with van der Waals surface area (Å²) >= 11 is 5.76. The van der Waals surface area contributed by atoms with Crippen molar-refractivity contribution in [3.8, 4) is 5.75 Å². The van der Waals surface area contributed by atoms with Gasteiger partial charge in [0, 0.05) is 17.2 Å². The smallest absolute Gasteiger partial charge is 0.132 e. The molecule has 0 saturated carbocycles. The highest BCUT2D eigenvalue weighted by atomic mass is 35.5. The second kappa shape index (κ2) is 5.83. The summed E-state index contributed by atoms with van der Waals surface area (Å²) in [5.41, 5.74) is 1.14. The maximum absolute atomic E-state index is 13.4. The molecule has 2 rings (SSSR count). The zero-order chi connectivity index (χ0) is 13.0. The van der Waals surface area contributed by atoms with Gasteiger partial charge in [-0.05, 0) is 18.2 Å². The molecule has 0 fully saturated rings. The van der Waals surface area contributed by atoms with Crippen LogP contribution in [0.25, 0.3) is 0 Å². The predicted octanol–water partition coefficient (Wildman–Crippen LogP) is 4.28. The molecule has 0 radical (unpaired) electrons. The van der Waals surface area contributed by atoms with Gasteiger partial charge < -0.3 is 4.74 Å². The maximum Gasteiger partial charge on any atom is 0.132 e. The molecule has 2 aromatic rings. The van der Waals surface area contributed by atoms with E-state index in [1.165, 1.54) is 12.1 Å². The number of halogens is 3. The molecule has 4 heteroatoms. The second-order valence-electron chi connectivity index (χ2n) is 3.77. The number of alkyl halides is 1. The molecule has 0 aromatic heterocycles. The van der Waals surface area contributed by atoms with Crippen molar-refractivity contribution in [3.63, 3.8) is 0 Å². The average molecular weight is 269 g/mol. The van der Waals surface area contributed by atoms with Crippen LogP contribution in [0, 0.1) is 11.6 Å². The molecule has 0 unspecified atom stereocenters. The number of hydrogen-bond donors (Lipinski definition) is 0. The minimum atomic E-state index is -0.613. The first-order valence-corrected chi connectivity index (χ1v) is 5.95. The number of ether oxygens (including phenoxy) is 1. The van der Waals surface area contributed by atoms with Gasteiger partial charge in [0.25, 0.3) is 0 Å². The molecule has 0 aliphatic carbocycles. The summed E-state index contributed by atoms with van der Waals surface area (Å²) in [7, 11) is 0. The molecular weight excluding hydrogens is 258 g/mol. The zero-order valence-corrected chi connectivity index (χ0v) is 10.3. The van der Waals surface area contributed by atoms with Crippen molar-refractivity contribution in [3.05, 3.63) is 65.2 Å². The van der Waals surface area contributed by atoms with E-state index in [-0.39, 0.29) is 6.61 Å². The van der Waals surface area contributed by atoms with E-state index in [0.717, 1.165) is 11.6 Å². The van der Waals surface area contributed by atoms with Gasteiger partial charge in [0.05, 0.1) is 5.88 Å². The number of benzene rings is 2. The monoisotopic (exact) mass is 268 g/mol. The standard InChI is InChI=1S/C14H11ClF2O/c15-8-10-3-1-2-4-14(10)18-9-11-5-6-12(16)7-13(11)17/h1-7H,8-9H2. The van der Waals surface area contributed by atoms with E-state index < -0.39 is 11.6 Å². The van der Waals surface area contributed by atoms with Gasteiger partial charge in [0.1, 0.15) is 24.0 Å². The van der Waals surface area contributed by atoms with Gasteiger partial charge in [-0.15, -0.1) is 11.6 Å². The summed E-state index contributed by atoms with van der Waals surface area (Å²) in [6.07, 6.45) is 0. The minimum Gasteiger partial charge on any atom is -0.488 e. The van der Waals surface area contributed by atoms with Gasteiger partial charge >= 0.3 is 0 Å². The largest absolute Gasteiger partial charge is 0.488 e. The third-order valence-corrected chi connectivity index (χ3v) is 2.80. The quantitative estimate of drug-likeness (QED) is 0.752. The summed E-state index contributed by atoms with van der Waals surface area (Å²) < 4.78 is 31.6. The average Bonchev–Trinajstić information content (AvgIpc) is 2.38. The Kier molecular flexibility index (Phi) is 4.15. The van der Waals surface area contributed by atoms with E-state index >= 15 is 0 Å². The highest BCUT2D eigenvalue weighted by molar-refractivity contribution is 6.17. The Hall–Kier alpha value is -1.61. The van der Waals surface area contributed by atoms with Crippen molar-refractivity contribution >= 4 is 11.6 Å². The summed E-state index contributed by atoms with van der Waals surface area (Å²) in [5.74, 6) is -0.283. The van der Waals surface area contributed by atoms with Crippen molar-refractivity contribution in [2.24, 2.45) is 0 Å².